The number of aliphatic hydroxyl groups excluding tert-OH is 1. The van der Waals surface area contributed by atoms with Crippen LogP contribution < -0.4 is 10.1 Å². The molecule has 17 heteroatoms. The van der Waals surface area contributed by atoms with Crippen molar-refractivity contribution in [3.63, 3.8) is 0 Å². The van der Waals surface area contributed by atoms with E-state index >= 15 is 0 Å². The first-order valence-electron chi connectivity index (χ1n) is 16.5. The molecule has 52 heavy (non-hydrogen) atoms. The Morgan fingerprint density at radius 2 is 1.46 bits per heavy atom. The first-order chi connectivity index (χ1) is 25.0. The molecule has 0 bridgehead atoms. The molecule has 2 saturated heterocycles. The van der Waals surface area contributed by atoms with Crippen molar-refractivity contribution in [3.8, 4) is 5.75 Å². The van der Waals surface area contributed by atoms with Gasteiger partial charge in [-0.1, -0.05) is 12.1 Å². The van der Waals surface area contributed by atoms with Gasteiger partial charge < -0.3 is 34.4 Å². The summed E-state index contributed by atoms with van der Waals surface area (Å²) in [6, 6.07) is 17.9. The Balaban J connectivity index is 1.14. The quantitative estimate of drug-likeness (QED) is 0.169. The van der Waals surface area contributed by atoms with Gasteiger partial charge in [0.05, 0.1) is 41.6 Å². The third kappa shape index (κ3) is 10.3. The highest BCUT2D eigenvalue weighted by Crippen LogP contribution is 2.33. The molecule has 0 saturated carbocycles. The number of nitrogens with one attached hydrogen (secondary N) is 1. The molecule has 0 aromatic heterocycles. The molecule has 0 spiro atoms. The molecule has 1 unspecified atom stereocenters. The fourth-order valence-corrected chi connectivity index (χ4v) is 7.24. The minimum atomic E-state index is -1.19. The number of amides is 3. The summed E-state index contributed by atoms with van der Waals surface area (Å²) in [6.07, 6.45) is -1.89. The van der Waals surface area contributed by atoms with Crippen LogP contribution in [0.1, 0.15) is 36.0 Å². The van der Waals surface area contributed by atoms with Crippen molar-refractivity contribution in [1.82, 2.24) is 15.1 Å². The van der Waals surface area contributed by atoms with Crippen LogP contribution in [0.3, 0.4) is 0 Å². The first-order valence-corrected chi connectivity index (χ1v) is 17.6. The summed E-state index contributed by atoms with van der Waals surface area (Å²) in [5.74, 6) is 1.06. The number of likely N-dealkylation sites (tertiary alicyclic amines) is 2. The van der Waals surface area contributed by atoms with E-state index < -0.39 is 34.2 Å². The van der Waals surface area contributed by atoms with Crippen LogP contribution in [-0.2, 0) is 33.2 Å². The minimum absolute atomic E-state index is 0.0545. The van der Waals surface area contributed by atoms with Gasteiger partial charge in [-0.3, -0.25) is 25.0 Å². The Kier molecular flexibility index (Phi) is 12.9. The number of hydrogen-bond acceptors (Lipinski definition) is 12. The molecule has 276 valence electrons. The number of benzene rings is 3. The smallest absolute Gasteiger partial charge is 0.410 e. The van der Waals surface area contributed by atoms with E-state index in [0.717, 1.165) is 11.3 Å². The van der Waals surface area contributed by atoms with E-state index in [0.29, 0.717) is 36.3 Å². The number of nitro groups is 2. The number of rotatable bonds is 14. The third-order valence-electron chi connectivity index (χ3n) is 8.90. The van der Waals surface area contributed by atoms with Crippen molar-refractivity contribution < 1.29 is 43.5 Å². The highest BCUT2D eigenvalue weighted by Gasteiger charge is 2.42. The van der Waals surface area contributed by atoms with E-state index in [1.807, 2.05) is 24.3 Å². The van der Waals surface area contributed by atoms with Crippen LogP contribution in [0.2, 0.25) is 0 Å². The third-order valence-corrected chi connectivity index (χ3v) is 10.2. The van der Waals surface area contributed by atoms with Crippen molar-refractivity contribution in [3.05, 3.63) is 110 Å². The summed E-state index contributed by atoms with van der Waals surface area (Å²) in [4.78, 5) is 62.8. The van der Waals surface area contributed by atoms with Crippen molar-refractivity contribution in [1.29, 1.82) is 0 Å². The maximum absolute atomic E-state index is 13.4. The van der Waals surface area contributed by atoms with Gasteiger partial charge in [-0.05, 0) is 65.9 Å². The molecule has 2 heterocycles. The summed E-state index contributed by atoms with van der Waals surface area (Å²) >= 11 is 1.63. The molecule has 3 aromatic rings. The summed E-state index contributed by atoms with van der Waals surface area (Å²) in [6.45, 7) is 0.638. The number of alkyl carbamates (subject to hydrolysis) is 1. The summed E-state index contributed by atoms with van der Waals surface area (Å²) in [5.41, 5.74) is 2.04. The van der Waals surface area contributed by atoms with Crippen LogP contribution >= 0.6 is 11.8 Å². The van der Waals surface area contributed by atoms with E-state index in [1.54, 1.807) is 23.8 Å². The van der Waals surface area contributed by atoms with Crippen molar-refractivity contribution in [2.24, 2.45) is 0 Å². The lowest BCUT2D eigenvalue weighted by molar-refractivity contribution is -0.385. The van der Waals surface area contributed by atoms with Crippen LogP contribution in [0.25, 0.3) is 0 Å². The van der Waals surface area contributed by atoms with Gasteiger partial charge in [0.2, 0.25) is 5.91 Å². The Labute approximate surface area is 303 Å². The lowest BCUT2D eigenvalue weighted by Gasteiger charge is -2.28. The molecule has 2 N–H and O–H groups in total. The molecule has 0 aliphatic carbocycles. The predicted molar refractivity (Wildman–Crippen MR) is 188 cm³/mol. The number of aliphatic hydroxyl groups is 1. The lowest BCUT2D eigenvalue weighted by atomic mass is 10.0. The largest absolute Gasteiger partial charge is 0.497 e. The molecule has 3 aromatic carbocycles. The van der Waals surface area contributed by atoms with E-state index in [2.05, 4.69) is 5.32 Å². The number of hydrogen-bond donors (Lipinski definition) is 2. The zero-order valence-electron chi connectivity index (χ0n) is 28.3. The van der Waals surface area contributed by atoms with Crippen LogP contribution in [0, 0.1) is 20.2 Å². The van der Waals surface area contributed by atoms with Gasteiger partial charge in [-0.15, -0.1) is 0 Å². The number of nitrogens with zero attached hydrogens (tertiary/aromatic N) is 4. The lowest BCUT2D eigenvalue weighted by Crippen LogP contribution is -2.45. The fourth-order valence-electron chi connectivity index (χ4n) is 6.02. The van der Waals surface area contributed by atoms with Crippen molar-refractivity contribution in [2.75, 3.05) is 26.7 Å². The predicted octanol–water partition coefficient (Wildman–Crippen LogP) is 4.80. The molecule has 2 aliphatic rings. The fraction of sp³-hybridized carbons (Fsp3) is 0.400. The molecular weight excluding hydrogens is 698 g/mol. The molecule has 16 nitrogen and oxygen atoms in total. The second-order valence-electron chi connectivity index (χ2n) is 12.5. The minimum Gasteiger partial charge on any atom is -0.497 e. The first kappa shape index (κ1) is 37.8. The SMILES string of the molecule is COc1ccc(CS[C@H]2C[C@@H](C(O)CC(=O)N3CC[C@H](NC(=O)OCc4ccc([N+](=O)[O-])cc4)C3)N(C(=O)OCc3ccc([N+](=O)[O-])cc3)C2)cc1. The van der Waals surface area contributed by atoms with Gasteiger partial charge in [-0.25, -0.2) is 9.59 Å². The highest BCUT2D eigenvalue weighted by atomic mass is 32.2. The van der Waals surface area contributed by atoms with Gasteiger partial charge in [0.25, 0.3) is 11.4 Å². The van der Waals surface area contributed by atoms with E-state index in [1.165, 1.54) is 53.4 Å². The van der Waals surface area contributed by atoms with E-state index in [9.17, 15) is 39.7 Å². The zero-order valence-corrected chi connectivity index (χ0v) is 29.1. The molecule has 5 rings (SSSR count). The van der Waals surface area contributed by atoms with Gasteiger partial charge >= 0.3 is 12.2 Å². The molecule has 0 radical (unpaired) electrons. The van der Waals surface area contributed by atoms with Crippen molar-refractivity contribution >= 4 is 41.2 Å². The summed E-state index contributed by atoms with van der Waals surface area (Å²) < 4.78 is 16.0. The van der Waals surface area contributed by atoms with Gasteiger partial charge in [0.1, 0.15) is 19.0 Å². The second kappa shape index (κ2) is 17.7. The van der Waals surface area contributed by atoms with E-state index in [4.69, 9.17) is 14.2 Å². The highest BCUT2D eigenvalue weighted by molar-refractivity contribution is 7.99. The number of non-ortho nitro benzene ring substituents is 2. The van der Waals surface area contributed by atoms with Gasteiger partial charge in [-0.2, -0.15) is 11.8 Å². The summed E-state index contributed by atoms with van der Waals surface area (Å²) in [5, 5.41) is 35.8. The number of nitro benzene ring substituents is 2. The van der Waals surface area contributed by atoms with Gasteiger partial charge in [0, 0.05) is 54.9 Å². The number of ether oxygens (including phenoxy) is 3. The monoisotopic (exact) mass is 737 g/mol. The van der Waals surface area contributed by atoms with E-state index in [-0.39, 0.29) is 61.3 Å². The Morgan fingerprint density at radius 3 is 2.04 bits per heavy atom. The average molecular weight is 738 g/mol. The van der Waals surface area contributed by atoms with Crippen molar-refractivity contribution in [2.45, 2.75) is 61.7 Å². The molecular formula is C35H39N5O11S. The molecule has 2 aliphatic heterocycles. The maximum Gasteiger partial charge on any atom is 0.410 e. The number of carbonyl (C=O) groups excluding carboxylic acids is 3. The molecule has 3 amide bonds. The second-order valence-corrected chi connectivity index (χ2v) is 13.7. The number of carbonyl (C=O) groups is 3. The van der Waals surface area contributed by atoms with Crippen LogP contribution in [0.4, 0.5) is 21.0 Å². The Bertz CT molecular complexity index is 1730. The zero-order chi connectivity index (χ0) is 37.2. The van der Waals surface area contributed by atoms with Crippen LogP contribution in [0.5, 0.6) is 5.75 Å². The Morgan fingerprint density at radius 1 is 0.885 bits per heavy atom. The number of methoxy groups -OCH3 is 1. The van der Waals surface area contributed by atoms with Crippen LogP contribution in [-0.4, -0.2) is 93.0 Å². The summed E-state index contributed by atoms with van der Waals surface area (Å²) in [7, 11) is 1.59. The normalized spacial score (nSPS) is 18.8. The van der Waals surface area contributed by atoms with Crippen LogP contribution in [0.15, 0.2) is 72.8 Å². The topological polar surface area (TPSA) is 204 Å². The maximum atomic E-state index is 13.4. The Hall–Kier alpha value is -5.42. The van der Waals surface area contributed by atoms with Gasteiger partial charge in [0.15, 0.2) is 0 Å². The standard InChI is InChI=1S/C35H39N5O11S/c1-49-29-12-6-25(7-13-29)22-52-30-16-31(38(19-30)35(44)51-21-24-4-10-28(11-5-24)40(47)48)32(41)17-33(42)37-15-14-26(18-37)36-34(43)50-20-23-2-8-27(9-3-23)39(45)46/h2-13,26,30-32,41H,14-22H2,1H3,(H,36,43)/t26-,30-,31-,32?/m0/s1. The molecule has 2 fully saturated rings. The average Bonchev–Trinajstić information content (AvgIpc) is 3.80. The number of thioether (sulfide) groups is 1. The molecule has 4 atom stereocenters.